The van der Waals surface area contributed by atoms with E-state index in [4.69, 9.17) is 14.2 Å². The Labute approximate surface area is 102 Å². The molecule has 100 valence electrons. The fourth-order valence-electron chi connectivity index (χ4n) is 1.39. The topological polar surface area (TPSA) is 68.2 Å². The highest BCUT2D eigenvalue weighted by Crippen LogP contribution is 2.12. The van der Waals surface area contributed by atoms with Gasteiger partial charge < -0.3 is 24.4 Å². The normalized spacial score (nSPS) is 16.2. The predicted octanol–water partition coefficient (Wildman–Crippen LogP) is 0.128. The van der Waals surface area contributed by atoms with E-state index >= 15 is 0 Å². The molecule has 0 saturated heterocycles. The van der Waals surface area contributed by atoms with Crippen LogP contribution in [-0.2, 0) is 14.2 Å². The smallest absolute Gasteiger partial charge is 0.115 e. The van der Waals surface area contributed by atoms with Crippen molar-refractivity contribution in [2.24, 2.45) is 0 Å². The average Bonchev–Trinajstić information content (AvgIpc) is 2.36. The lowest BCUT2D eigenvalue weighted by Gasteiger charge is -2.30. The molecule has 0 rings (SSSR count). The van der Waals surface area contributed by atoms with Crippen molar-refractivity contribution in [3.8, 4) is 0 Å². The largest absolute Gasteiger partial charge is 0.394 e. The summed E-state index contributed by atoms with van der Waals surface area (Å²) >= 11 is 0. The summed E-state index contributed by atoms with van der Waals surface area (Å²) in [5.41, 5.74) is 0. The van der Waals surface area contributed by atoms with E-state index in [1.807, 2.05) is 0 Å². The van der Waals surface area contributed by atoms with Crippen LogP contribution in [0.3, 0.4) is 0 Å². The molecule has 0 spiro atoms. The molecule has 0 aliphatic rings. The Balaban J connectivity index is 4.57. The minimum absolute atomic E-state index is 0.216. The van der Waals surface area contributed by atoms with Crippen molar-refractivity contribution in [1.82, 2.24) is 0 Å². The number of methoxy groups -OCH3 is 1. The molecule has 0 radical (unpaired) electrons. The minimum atomic E-state index is -0.579. The predicted molar refractivity (Wildman–Crippen MR) is 64.8 cm³/mol. The summed E-state index contributed by atoms with van der Waals surface area (Å²) in [5, 5.41) is 18.4. The van der Waals surface area contributed by atoms with Crippen LogP contribution in [0.2, 0.25) is 0 Å². The summed E-state index contributed by atoms with van der Waals surface area (Å²) in [6.07, 6.45) is 1.46. The van der Waals surface area contributed by atoms with Crippen molar-refractivity contribution in [1.29, 1.82) is 0 Å². The first kappa shape index (κ1) is 16.3. The zero-order chi connectivity index (χ0) is 13.1. The molecule has 0 saturated carbocycles. The van der Waals surface area contributed by atoms with Crippen LogP contribution in [0.5, 0.6) is 0 Å². The Morgan fingerprint density at radius 1 is 1.00 bits per heavy atom. The SMILES string of the molecule is C=CCO[C@H]([C@H](CO)OC)[C@H](CO)OCC=C. The highest BCUT2D eigenvalue weighted by Gasteiger charge is 2.30. The zero-order valence-corrected chi connectivity index (χ0v) is 10.2. The van der Waals surface area contributed by atoms with Gasteiger partial charge in [-0.3, -0.25) is 0 Å². The molecule has 0 bridgehead atoms. The summed E-state index contributed by atoms with van der Waals surface area (Å²) in [6, 6.07) is 0. The number of hydrogen-bond donors (Lipinski definition) is 2. The Morgan fingerprint density at radius 2 is 1.53 bits per heavy atom. The number of hydrogen-bond acceptors (Lipinski definition) is 5. The van der Waals surface area contributed by atoms with Crippen LogP contribution in [0.1, 0.15) is 0 Å². The maximum Gasteiger partial charge on any atom is 0.115 e. The summed E-state index contributed by atoms with van der Waals surface area (Å²) in [6.45, 7) is 7.21. The van der Waals surface area contributed by atoms with Gasteiger partial charge in [0.15, 0.2) is 0 Å². The summed E-state index contributed by atoms with van der Waals surface area (Å²) in [4.78, 5) is 0. The molecule has 0 aromatic heterocycles. The average molecular weight is 246 g/mol. The first-order chi connectivity index (χ1) is 8.24. The van der Waals surface area contributed by atoms with Gasteiger partial charge in [-0.2, -0.15) is 0 Å². The number of aliphatic hydroxyl groups excluding tert-OH is 2. The number of ether oxygens (including phenoxy) is 3. The van der Waals surface area contributed by atoms with Crippen LogP contribution in [0.25, 0.3) is 0 Å². The van der Waals surface area contributed by atoms with Gasteiger partial charge >= 0.3 is 0 Å². The van der Waals surface area contributed by atoms with Gasteiger partial charge in [0, 0.05) is 7.11 Å². The summed E-state index contributed by atoms with van der Waals surface area (Å²) in [5.74, 6) is 0. The first-order valence-electron chi connectivity index (χ1n) is 5.44. The molecule has 0 fully saturated rings. The van der Waals surface area contributed by atoms with E-state index in [1.54, 1.807) is 12.2 Å². The van der Waals surface area contributed by atoms with Crippen molar-refractivity contribution in [2.75, 3.05) is 33.5 Å². The van der Waals surface area contributed by atoms with Crippen LogP contribution in [-0.4, -0.2) is 62.1 Å². The van der Waals surface area contributed by atoms with Gasteiger partial charge in [0.25, 0.3) is 0 Å². The van der Waals surface area contributed by atoms with Gasteiger partial charge in [0.1, 0.15) is 18.3 Å². The molecule has 0 unspecified atom stereocenters. The number of aliphatic hydroxyl groups is 2. The molecule has 0 aromatic rings. The summed E-state index contributed by atoms with van der Waals surface area (Å²) < 4.78 is 15.9. The van der Waals surface area contributed by atoms with Crippen molar-refractivity contribution in [3.63, 3.8) is 0 Å². The van der Waals surface area contributed by atoms with Gasteiger partial charge in [0.2, 0.25) is 0 Å². The third-order valence-corrected chi connectivity index (χ3v) is 2.23. The molecule has 0 aromatic carbocycles. The number of rotatable bonds is 11. The molecule has 0 amide bonds. The van der Waals surface area contributed by atoms with Crippen molar-refractivity contribution in [3.05, 3.63) is 25.3 Å². The molecule has 5 nitrogen and oxygen atoms in total. The van der Waals surface area contributed by atoms with E-state index in [9.17, 15) is 10.2 Å². The van der Waals surface area contributed by atoms with Crippen LogP contribution >= 0.6 is 0 Å². The van der Waals surface area contributed by atoms with E-state index in [1.165, 1.54) is 7.11 Å². The maximum absolute atomic E-state index is 9.26. The second-order valence-corrected chi connectivity index (χ2v) is 3.39. The fourth-order valence-corrected chi connectivity index (χ4v) is 1.39. The highest BCUT2D eigenvalue weighted by molar-refractivity contribution is 4.81. The van der Waals surface area contributed by atoms with Gasteiger partial charge in [-0.15, -0.1) is 13.2 Å². The molecule has 2 N–H and O–H groups in total. The Kier molecular flexibility index (Phi) is 9.99. The minimum Gasteiger partial charge on any atom is -0.394 e. The Bertz CT molecular complexity index is 203. The molecule has 3 atom stereocenters. The van der Waals surface area contributed by atoms with E-state index in [0.29, 0.717) is 13.2 Å². The molecular formula is C12H22O5. The van der Waals surface area contributed by atoms with Crippen molar-refractivity contribution >= 4 is 0 Å². The second-order valence-electron chi connectivity index (χ2n) is 3.39. The quantitative estimate of drug-likeness (QED) is 0.507. The first-order valence-corrected chi connectivity index (χ1v) is 5.44. The lowest BCUT2D eigenvalue weighted by molar-refractivity contribution is -0.143. The monoisotopic (exact) mass is 246 g/mol. The highest BCUT2D eigenvalue weighted by atomic mass is 16.6. The third-order valence-electron chi connectivity index (χ3n) is 2.23. The van der Waals surface area contributed by atoms with Gasteiger partial charge in [-0.25, -0.2) is 0 Å². The molecule has 0 aliphatic carbocycles. The van der Waals surface area contributed by atoms with Gasteiger partial charge in [0.05, 0.1) is 26.4 Å². The van der Waals surface area contributed by atoms with Crippen LogP contribution in [0, 0.1) is 0 Å². The van der Waals surface area contributed by atoms with Crippen LogP contribution < -0.4 is 0 Å². The van der Waals surface area contributed by atoms with Gasteiger partial charge in [-0.05, 0) is 0 Å². The van der Waals surface area contributed by atoms with E-state index < -0.39 is 18.3 Å². The third kappa shape index (κ3) is 5.95. The van der Waals surface area contributed by atoms with E-state index in [-0.39, 0.29) is 13.2 Å². The fraction of sp³-hybridized carbons (Fsp3) is 0.667. The summed E-state index contributed by atoms with van der Waals surface area (Å²) in [7, 11) is 1.47. The van der Waals surface area contributed by atoms with Crippen LogP contribution in [0.4, 0.5) is 0 Å². The van der Waals surface area contributed by atoms with E-state index in [0.717, 1.165) is 0 Å². The zero-order valence-electron chi connectivity index (χ0n) is 10.2. The van der Waals surface area contributed by atoms with Gasteiger partial charge in [-0.1, -0.05) is 12.2 Å². The molecule has 0 heterocycles. The lowest BCUT2D eigenvalue weighted by Crippen LogP contribution is -2.46. The lowest BCUT2D eigenvalue weighted by atomic mass is 10.1. The molecule has 17 heavy (non-hydrogen) atoms. The standard InChI is InChI=1S/C12H22O5/c1-4-6-16-11(9-14)12(17-7-5-2)10(8-13)15-3/h4-5,10-14H,1-2,6-9H2,3H3/t10-,11-,12+/m0/s1. The Hall–Kier alpha value is -0.720. The molecule has 0 aliphatic heterocycles. The molecule has 5 heteroatoms. The van der Waals surface area contributed by atoms with Crippen LogP contribution in [0.15, 0.2) is 25.3 Å². The maximum atomic E-state index is 9.26. The van der Waals surface area contributed by atoms with Crippen molar-refractivity contribution < 1.29 is 24.4 Å². The Morgan fingerprint density at radius 3 is 1.94 bits per heavy atom. The second kappa shape index (κ2) is 10.4. The van der Waals surface area contributed by atoms with Crippen molar-refractivity contribution in [2.45, 2.75) is 18.3 Å². The van der Waals surface area contributed by atoms with E-state index in [2.05, 4.69) is 13.2 Å². The molecular weight excluding hydrogens is 224 g/mol.